The van der Waals surface area contributed by atoms with Crippen molar-refractivity contribution in [2.75, 3.05) is 13.2 Å². The fourth-order valence-corrected chi connectivity index (χ4v) is 4.32. The highest BCUT2D eigenvalue weighted by Gasteiger charge is 2.32. The van der Waals surface area contributed by atoms with Crippen molar-refractivity contribution in [1.82, 2.24) is 5.43 Å². The average Bonchev–Trinajstić information content (AvgIpc) is 3.42. The van der Waals surface area contributed by atoms with E-state index in [0.29, 0.717) is 29.9 Å². The van der Waals surface area contributed by atoms with E-state index >= 15 is 0 Å². The van der Waals surface area contributed by atoms with Crippen LogP contribution in [0.25, 0.3) is 0 Å². The van der Waals surface area contributed by atoms with E-state index in [2.05, 4.69) is 22.7 Å². The van der Waals surface area contributed by atoms with Crippen molar-refractivity contribution in [1.29, 1.82) is 5.26 Å². The van der Waals surface area contributed by atoms with Crippen LogP contribution in [0.4, 0.5) is 0 Å². The number of fused-ring (bicyclic) bond motifs is 3. The van der Waals surface area contributed by atoms with Gasteiger partial charge in [0.2, 0.25) is 0 Å². The standard InChI is InChI=1S/C24H21N3O3/c1-14-9-15(5-6-17(14)11-25)19-3-2-4-21(19)30-24(28)16-7-8-20-22(10-16)29-13-18-12-26-27-23(18)20/h2-3,5-10,18-19,21,26H,4,12-13H2,1H3. The maximum absolute atomic E-state index is 12.9. The smallest absolute Gasteiger partial charge is 0.338 e. The molecule has 6 heteroatoms. The molecule has 0 radical (unpaired) electrons. The molecule has 0 bridgehead atoms. The summed E-state index contributed by atoms with van der Waals surface area (Å²) in [5, 5.41) is 13.5. The predicted octanol–water partition coefficient (Wildman–Crippen LogP) is 3.45. The predicted molar refractivity (Wildman–Crippen MR) is 112 cm³/mol. The van der Waals surface area contributed by atoms with E-state index in [1.54, 1.807) is 12.1 Å². The Morgan fingerprint density at radius 1 is 1.30 bits per heavy atom. The van der Waals surface area contributed by atoms with Gasteiger partial charge in [0, 0.05) is 24.4 Å². The lowest BCUT2D eigenvalue weighted by Gasteiger charge is -2.24. The summed E-state index contributed by atoms with van der Waals surface area (Å²) in [7, 11) is 0. The van der Waals surface area contributed by atoms with Gasteiger partial charge in [-0.15, -0.1) is 0 Å². The molecular weight excluding hydrogens is 378 g/mol. The number of hydrogen-bond donors (Lipinski definition) is 1. The number of nitrogens with zero attached hydrogens (tertiary/aromatic N) is 2. The van der Waals surface area contributed by atoms with E-state index in [1.165, 1.54) is 0 Å². The average molecular weight is 399 g/mol. The molecule has 6 nitrogen and oxygen atoms in total. The number of benzene rings is 2. The van der Waals surface area contributed by atoms with E-state index in [1.807, 2.05) is 37.3 Å². The van der Waals surface area contributed by atoms with Crippen molar-refractivity contribution < 1.29 is 14.3 Å². The first-order chi connectivity index (χ1) is 14.6. The lowest BCUT2D eigenvalue weighted by molar-refractivity contribution is 0.0294. The molecule has 2 heterocycles. The summed E-state index contributed by atoms with van der Waals surface area (Å²) in [6.45, 7) is 3.26. The molecule has 0 fully saturated rings. The Morgan fingerprint density at radius 3 is 3.03 bits per heavy atom. The molecular formula is C24H21N3O3. The minimum absolute atomic E-state index is 0.0195. The highest BCUT2D eigenvalue weighted by Crippen LogP contribution is 2.34. The number of rotatable bonds is 3. The molecule has 3 atom stereocenters. The van der Waals surface area contributed by atoms with E-state index in [-0.39, 0.29) is 23.9 Å². The lowest BCUT2D eigenvalue weighted by Crippen LogP contribution is -2.29. The zero-order chi connectivity index (χ0) is 20.7. The molecule has 0 spiro atoms. The van der Waals surface area contributed by atoms with Gasteiger partial charge in [0.25, 0.3) is 0 Å². The summed E-state index contributed by atoms with van der Waals surface area (Å²) >= 11 is 0. The van der Waals surface area contributed by atoms with Gasteiger partial charge in [0.1, 0.15) is 11.9 Å². The summed E-state index contributed by atoms with van der Waals surface area (Å²) in [5.41, 5.74) is 8.04. The molecule has 0 saturated carbocycles. The summed E-state index contributed by atoms with van der Waals surface area (Å²) < 4.78 is 11.7. The van der Waals surface area contributed by atoms with Crippen molar-refractivity contribution in [3.63, 3.8) is 0 Å². The first kappa shape index (κ1) is 18.4. The number of hydrogen-bond acceptors (Lipinski definition) is 6. The number of ether oxygens (including phenoxy) is 2. The number of carbonyl (C=O) groups excluding carboxylic acids is 1. The number of carbonyl (C=O) groups is 1. The van der Waals surface area contributed by atoms with Crippen LogP contribution in [-0.2, 0) is 4.74 Å². The van der Waals surface area contributed by atoms with Crippen molar-refractivity contribution in [2.24, 2.45) is 11.0 Å². The van der Waals surface area contributed by atoms with E-state index < -0.39 is 0 Å². The number of nitriles is 1. The topological polar surface area (TPSA) is 83.7 Å². The van der Waals surface area contributed by atoms with Gasteiger partial charge in [0.15, 0.2) is 0 Å². The van der Waals surface area contributed by atoms with E-state index in [9.17, 15) is 4.79 Å². The zero-order valence-corrected chi connectivity index (χ0v) is 16.6. The Bertz CT molecular complexity index is 1130. The van der Waals surface area contributed by atoms with Crippen molar-refractivity contribution in [2.45, 2.75) is 25.4 Å². The van der Waals surface area contributed by atoms with Gasteiger partial charge in [-0.05, 0) is 42.3 Å². The SMILES string of the molecule is Cc1cc(C2C=CCC2OC(=O)c2ccc3c(c2)OCC2CNN=C32)ccc1C#N. The Kier molecular flexibility index (Phi) is 4.51. The number of nitrogens with one attached hydrogen (secondary N) is 1. The quantitative estimate of drug-likeness (QED) is 0.631. The number of esters is 1. The molecule has 1 aliphatic carbocycles. The number of aryl methyl sites for hydroxylation is 1. The van der Waals surface area contributed by atoms with Crippen LogP contribution in [-0.4, -0.2) is 30.9 Å². The molecule has 0 saturated heterocycles. The maximum Gasteiger partial charge on any atom is 0.338 e. The minimum Gasteiger partial charge on any atom is -0.492 e. The molecule has 3 aliphatic rings. The van der Waals surface area contributed by atoms with Gasteiger partial charge in [0.05, 0.1) is 35.4 Å². The third kappa shape index (κ3) is 3.13. The van der Waals surface area contributed by atoms with Gasteiger partial charge < -0.3 is 14.9 Å². The fraction of sp³-hybridized carbons (Fsp3) is 0.292. The largest absolute Gasteiger partial charge is 0.492 e. The molecule has 30 heavy (non-hydrogen) atoms. The molecule has 2 aliphatic heterocycles. The highest BCUT2D eigenvalue weighted by atomic mass is 16.5. The third-order valence-corrected chi connectivity index (χ3v) is 5.98. The molecule has 3 unspecified atom stereocenters. The van der Waals surface area contributed by atoms with Crippen LogP contribution < -0.4 is 10.2 Å². The Morgan fingerprint density at radius 2 is 2.20 bits per heavy atom. The summed E-state index contributed by atoms with van der Waals surface area (Å²) in [4.78, 5) is 12.9. The minimum atomic E-state index is -0.362. The molecule has 150 valence electrons. The van der Waals surface area contributed by atoms with Gasteiger partial charge in [-0.1, -0.05) is 24.3 Å². The Labute approximate surface area is 174 Å². The van der Waals surface area contributed by atoms with Gasteiger partial charge in [-0.25, -0.2) is 4.79 Å². The van der Waals surface area contributed by atoms with E-state index in [4.69, 9.17) is 14.7 Å². The van der Waals surface area contributed by atoms with Crippen LogP contribution in [0.1, 0.15) is 45.0 Å². The normalized spacial score (nSPS) is 23.5. The fourth-order valence-electron chi connectivity index (χ4n) is 4.32. The monoisotopic (exact) mass is 399 g/mol. The van der Waals surface area contributed by atoms with Crippen LogP contribution in [0.15, 0.2) is 53.7 Å². The number of hydrazone groups is 1. The maximum atomic E-state index is 12.9. The second kappa shape index (κ2) is 7.34. The second-order valence-corrected chi connectivity index (χ2v) is 7.90. The molecule has 2 aromatic carbocycles. The molecule has 0 amide bonds. The second-order valence-electron chi connectivity index (χ2n) is 7.90. The summed E-state index contributed by atoms with van der Waals surface area (Å²) in [5.74, 6) is 0.552. The van der Waals surface area contributed by atoms with Crippen LogP contribution in [0.5, 0.6) is 5.75 Å². The van der Waals surface area contributed by atoms with Crippen LogP contribution >= 0.6 is 0 Å². The molecule has 1 N–H and O–H groups in total. The first-order valence-corrected chi connectivity index (χ1v) is 10.1. The lowest BCUT2D eigenvalue weighted by atomic mass is 9.93. The van der Waals surface area contributed by atoms with E-state index in [0.717, 1.165) is 28.9 Å². The molecule has 5 rings (SSSR count). The Balaban J connectivity index is 1.34. The molecule has 2 aromatic rings. The van der Waals surface area contributed by atoms with Crippen molar-refractivity contribution >= 4 is 11.7 Å². The van der Waals surface area contributed by atoms with Crippen LogP contribution in [0, 0.1) is 24.2 Å². The molecule has 0 aromatic heterocycles. The third-order valence-electron chi connectivity index (χ3n) is 5.98. The highest BCUT2D eigenvalue weighted by molar-refractivity contribution is 6.07. The van der Waals surface area contributed by atoms with Gasteiger partial charge >= 0.3 is 5.97 Å². The summed E-state index contributed by atoms with van der Waals surface area (Å²) in [6.07, 6.45) is 4.51. The van der Waals surface area contributed by atoms with Gasteiger partial charge in [-0.2, -0.15) is 10.4 Å². The van der Waals surface area contributed by atoms with Crippen LogP contribution in [0.3, 0.4) is 0 Å². The van der Waals surface area contributed by atoms with Crippen LogP contribution in [0.2, 0.25) is 0 Å². The Hall–Kier alpha value is -3.59. The van der Waals surface area contributed by atoms with Gasteiger partial charge in [-0.3, -0.25) is 0 Å². The van der Waals surface area contributed by atoms with Crippen molar-refractivity contribution in [3.8, 4) is 11.8 Å². The zero-order valence-electron chi connectivity index (χ0n) is 16.6. The first-order valence-electron chi connectivity index (χ1n) is 10.1. The summed E-state index contributed by atoms with van der Waals surface area (Å²) in [6, 6.07) is 13.4. The van der Waals surface area contributed by atoms with Crippen molar-refractivity contribution in [3.05, 3.63) is 76.4 Å².